The molecule has 0 spiro atoms. The van der Waals surface area contributed by atoms with E-state index < -0.39 is 0 Å². The summed E-state index contributed by atoms with van der Waals surface area (Å²) in [7, 11) is 0. The normalized spacial score (nSPS) is 11.3. The number of fused-ring (bicyclic) bond motifs is 3. The summed E-state index contributed by atoms with van der Waals surface area (Å²) >= 11 is 3.65. The van der Waals surface area contributed by atoms with Gasteiger partial charge in [-0.3, -0.25) is 4.57 Å². The van der Waals surface area contributed by atoms with E-state index in [1.807, 2.05) is 48.7 Å². The van der Waals surface area contributed by atoms with Crippen LogP contribution in [0.5, 0.6) is 0 Å². The summed E-state index contributed by atoms with van der Waals surface area (Å²) in [6.07, 6.45) is 1.85. The van der Waals surface area contributed by atoms with Gasteiger partial charge >= 0.3 is 0 Å². The molecule has 0 unspecified atom stereocenters. The average Bonchev–Trinajstić information content (AvgIpc) is 3.18. The van der Waals surface area contributed by atoms with Gasteiger partial charge in [-0.2, -0.15) is 0 Å². The van der Waals surface area contributed by atoms with Gasteiger partial charge in [0.25, 0.3) is 0 Å². The lowest BCUT2D eigenvalue weighted by Gasteiger charge is -2.13. The fourth-order valence-electron chi connectivity index (χ4n) is 4.24. The minimum Gasteiger partial charge on any atom is -0.294 e. The minimum atomic E-state index is 0.933. The first-order chi connectivity index (χ1) is 15.8. The lowest BCUT2D eigenvalue weighted by molar-refractivity contribution is 1.12. The molecule has 0 aliphatic carbocycles. The SMILES string of the molecule is Brc1ccc2c3cccnc3n(-c3cc(-c4ccccc4)nc(-c4ccccc4)c3)c2c1. The Bertz CT molecular complexity index is 1510. The number of pyridine rings is 2. The Morgan fingerprint density at radius 2 is 1.28 bits per heavy atom. The molecule has 4 heteroatoms. The molecule has 0 fully saturated rings. The highest BCUT2D eigenvalue weighted by atomic mass is 79.9. The second-order valence-electron chi connectivity index (χ2n) is 7.70. The molecule has 0 N–H and O–H groups in total. The monoisotopic (exact) mass is 475 g/mol. The molecular formula is C28H18BrN3. The van der Waals surface area contributed by atoms with Gasteiger partial charge in [-0.05, 0) is 36.4 Å². The van der Waals surface area contributed by atoms with Crippen molar-refractivity contribution >= 4 is 37.9 Å². The molecule has 3 nitrogen and oxygen atoms in total. The molecule has 3 heterocycles. The predicted octanol–water partition coefficient (Wildman–Crippen LogP) is 7.67. The van der Waals surface area contributed by atoms with Crippen molar-refractivity contribution in [3.05, 3.63) is 114 Å². The first-order valence-electron chi connectivity index (χ1n) is 10.5. The summed E-state index contributed by atoms with van der Waals surface area (Å²) in [5.74, 6) is 0. The smallest absolute Gasteiger partial charge is 0.145 e. The van der Waals surface area contributed by atoms with E-state index in [2.05, 4.69) is 81.2 Å². The zero-order valence-corrected chi connectivity index (χ0v) is 18.7. The van der Waals surface area contributed by atoms with Crippen LogP contribution in [0.15, 0.2) is 114 Å². The first kappa shape index (κ1) is 19.0. The molecule has 6 rings (SSSR count). The van der Waals surface area contributed by atoms with Gasteiger partial charge in [-0.25, -0.2) is 9.97 Å². The van der Waals surface area contributed by atoms with Crippen LogP contribution in [0.3, 0.4) is 0 Å². The number of rotatable bonds is 3. The number of aromatic nitrogens is 3. The Hall–Kier alpha value is -3.76. The zero-order chi connectivity index (χ0) is 21.5. The van der Waals surface area contributed by atoms with Crippen LogP contribution in [0.25, 0.3) is 50.1 Å². The largest absolute Gasteiger partial charge is 0.294 e. The van der Waals surface area contributed by atoms with Crippen molar-refractivity contribution in [2.24, 2.45) is 0 Å². The third-order valence-corrected chi connectivity index (χ3v) is 6.19. The molecule has 152 valence electrons. The summed E-state index contributed by atoms with van der Waals surface area (Å²) in [6.45, 7) is 0. The van der Waals surface area contributed by atoms with E-state index in [0.29, 0.717) is 0 Å². The summed E-state index contributed by atoms with van der Waals surface area (Å²) < 4.78 is 3.27. The molecule has 32 heavy (non-hydrogen) atoms. The maximum Gasteiger partial charge on any atom is 0.145 e. The van der Waals surface area contributed by atoms with E-state index >= 15 is 0 Å². The van der Waals surface area contributed by atoms with E-state index in [1.165, 1.54) is 5.39 Å². The maximum atomic E-state index is 5.02. The molecular weight excluding hydrogens is 458 g/mol. The van der Waals surface area contributed by atoms with Gasteiger partial charge in [0.2, 0.25) is 0 Å². The average molecular weight is 476 g/mol. The highest BCUT2D eigenvalue weighted by molar-refractivity contribution is 9.10. The van der Waals surface area contributed by atoms with Crippen molar-refractivity contribution in [2.75, 3.05) is 0 Å². The molecule has 0 aliphatic rings. The molecule has 3 aromatic heterocycles. The van der Waals surface area contributed by atoms with Crippen LogP contribution in [0, 0.1) is 0 Å². The van der Waals surface area contributed by atoms with Crippen LogP contribution in [0.4, 0.5) is 0 Å². The van der Waals surface area contributed by atoms with Gasteiger partial charge in [0.15, 0.2) is 0 Å². The van der Waals surface area contributed by atoms with Crippen molar-refractivity contribution in [2.45, 2.75) is 0 Å². The molecule has 3 aromatic carbocycles. The molecule has 0 atom stereocenters. The van der Waals surface area contributed by atoms with Crippen LogP contribution in [-0.4, -0.2) is 14.5 Å². The Balaban J connectivity index is 1.70. The summed E-state index contributed by atoms with van der Waals surface area (Å²) in [5, 5.41) is 2.31. The lowest BCUT2D eigenvalue weighted by atomic mass is 10.1. The molecule has 0 aliphatic heterocycles. The van der Waals surface area contributed by atoms with Gasteiger partial charge in [-0.15, -0.1) is 0 Å². The summed E-state index contributed by atoms with van der Waals surface area (Å²) in [5.41, 5.74) is 7.12. The quantitative estimate of drug-likeness (QED) is 0.262. The Labute approximate surface area is 194 Å². The molecule has 0 radical (unpaired) electrons. The standard InChI is InChI=1S/C28H18BrN3/c29-21-13-14-23-24-12-7-15-30-28(24)32(27(23)16-21)22-17-25(19-8-3-1-4-9-19)31-26(18-22)20-10-5-2-6-11-20/h1-18H. The minimum absolute atomic E-state index is 0.933. The third-order valence-electron chi connectivity index (χ3n) is 5.70. The molecule has 0 saturated heterocycles. The number of nitrogens with zero attached hydrogens (tertiary/aromatic N) is 3. The number of halogens is 1. The van der Waals surface area contributed by atoms with Crippen LogP contribution >= 0.6 is 15.9 Å². The van der Waals surface area contributed by atoms with Crippen molar-refractivity contribution in [1.29, 1.82) is 0 Å². The molecule has 0 bridgehead atoms. The molecule has 0 amide bonds. The number of hydrogen-bond acceptors (Lipinski definition) is 2. The molecule has 0 saturated carbocycles. The van der Waals surface area contributed by atoms with Gasteiger partial charge in [0, 0.05) is 32.6 Å². The van der Waals surface area contributed by atoms with E-state index in [9.17, 15) is 0 Å². The second-order valence-corrected chi connectivity index (χ2v) is 8.62. The van der Waals surface area contributed by atoms with Crippen molar-refractivity contribution < 1.29 is 0 Å². The number of benzene rings is 3. The van der Waals surface area contributed by atoms with Gasteiger partial charge in [0.05, 0.1) is 22.6 Å². The Morgan fingerprint density at radius 1 is 0.625 bits per heavy atom. The highest BCUT2D eigenvalue weighted by Gasteiger charge is 2.16. The summed E-state index contributed by atoms with van der Waals surface area (Å²) in [4.78, 5) is 9.77. The van der Waals surface area contributed by atoms with Crippen molar-refractivity contribution in [1.82, 2.24) is 14.5 Å². The maximum absolute atomic E-state index is 5.02. The predicted molar refractivity (Wildman–Crippen MR) is 135 cm³/mol. The van der Waals surface area contributed by atoms with E-state index in [1.54, 1.807) is 0 Å². The van der Waals surface area contributed by atoms with E-state index in [-0.39, 0.29) is 0 Å². The Kier molecular flexibility index (Phi) is 4.58. The zero-order valence-electron chi connectivity index (χ0n) is 17.1. The van der Waals surface area contributed by atoms with Crippen LogP contribution in [0.1, 0.15) is 0 Å². The fourth-order valence-corrected chi connectivity index (χ4v) is 4.59. The fraction of sp³-hybridized carbons (Fsp3) is 0. The van der Waals surface area contributed by atoms with Crippen molar-refractivity contribution in [3.8, 4) is 28.2 Å². The number of hydrogen-bond donors (Lipinski definition) is 0. The second kappa shape index (κ2) is 7.74. The van der Waals surface area contributed by atoms with Gasteiger partial charge in [0.1, 0.15) is 5.65 Å². The van der Waals surface area contributed by atoms with Crippen LogP contribution in [0.2, 0.25) is 0 Å². The Morgan fingerprint density at radius 3 is 1.94 bits per heavy atom. The topological polar surface area (TPSA) is 30.7 Å². The third kappa shape index (κ3) is 3.20. The van der Waals surface area contributed by atoms with Crippen LogP contribution < -0.4 is 0 Å². The van der Waals surface area contributed by atoms with Crippen molar-refractivity contribution in [3.63, 3.8) is 0 Å². The van der Waals surface area contributed by atoms with Gasteiger partial charge < -0.3 is 0 Å². The highest BCUT2D eigenvalue weighted by Crippen LogP contribution is 2.35. The van der Waals surface area contributed by atoms with E-state index in [0.717, 1.165) is 49.2 Å². The molecule has 6 aromatic rings. The first-order valence-corrected chi connectivity index (χ1v) is 11.3. The van der Waals surface area contributed by atoms with Gasteiger partial charge in [-0.1, -0.05) is 82.7 Å². The summed E-state index contributed by atoms with van der Waals surface area (Å²) in [6, 6.07) is 35.4. The lowest BCUT2D eigenvalue weighted by Crippen LogP contribution is -1.99. The van der Waals surface area contributed by atoms with E-state index in [4.69, 9.17) is 9.97 Å². The van der Waals surface area contributed by atoms with Crippen LogP contribution in [-0.2, 0) is 0 Å².